The van der Waals surface area contributed by atoms with Gasteiger partial charge in [0.05, 0.1) is 18.8 Å². The van der Waals surface area contributed by atoms with Crippen LogP contribution in [-0.4, -0.2) is 60.4 Å². The lowest BCUT2D eigenvalue weighted by molar-refractivity contribution is 0.101. The van der Waals surface area contributed by atoms with E-state index < -0.39 is 0 Å². The van der Waals surface area contributed by atoms with Crippen molar-refractivity contribution in [3.63, 3.8) is 0 Å². The number of benzene rings is 1. The standard InChI is InChI=1S/C14H21NO4/c1-12(18)13-4-2-3-5-14(13)19-11-8-15(6-9-16)7-10-17/h2-5,16-17H,6-11H2,1H3. The molecule has 2 N–H and O–H groups in total. The Hall–Kier alpha value is -1.43. The highest BCUT2D eigenvalue weighted by molar-refractivity contribution is 5.96. The molecule has 1 aromatic carbocycles. The Morgan fingerprint density at radius 1 is 1.16 bits per heavy atom. The molecule has 1 rings (SSSR count). The Labute approximate surface area is 113 Å². The SMILES string of the molecule is CC(=O)c1ccccc1OCCN(CCO)CCO. The van der Waals surface area contributed by atoms with Gasteiger partial charge < -0.3 is 14.9 Å². The van der Waals surface area contributed by atoms with Crippen LogP contribution in [0.25, 0.3) is 0 Å². The number of ether oxygens (including phenoxy) is 1. The van der Waals surface area contributed by atoms with Gasteiger partial charge in [0.2, 0.25) is 0 Å². The van der Waals surface area contributed by atoms with Gasteiger partial charge in [-0.1, -0.05) is 12.1 Å². The number of aliphatic hydroxyl groups excluding tert-OH is 2. The minimum Gasteiger partial charge on any atom is -0.491 e. The molecule has 0 amide bonds. The third-order valence-electron chi connectivity index (χ3n) is 2.76. The average Bonchev–Trinajstić information content (AvgIpc) is 2.39. The number of Topliss-reactive ketones (excluding diaryl/α,β-unsaturated/α-hetero) is 1. The first-order valence-corrected chi connectivity index (χ1v) is 6.36. The summed E-state index contributed by atoms with van der Waals surface area (Å²) in [6.45, 7) is 3.59. The van der Waals surface area contributed by atoms with Crippen LogP contribution in [0.1, 0.15) is 17.3 Å². The number of aliphatic hydroxyl groups is 2. The zero-order valence-corrected chi connectivity index (χ0v) is 11.2. The van der Waals surface area contributed by atoms with Crippen molar-refractivity contribution >= 4 is 5.78 Å². The van der Waals surface area contributed by atoms with Crippen LogP contribution in [-0.2, 0) is 0 Å². The maximum absolute atomic E-state index is 11.4. The van der Waals surface area contributed by atoms with Crippen molar-refractivity contribution in [1.82, 2.24) is 4.90 Å². The number of carbonyl (C=O) groups is 1. The van der Waals surface area contributed by atoms with Crippen molar-refractivity contribution in [2.24, 2.45) is 0 Å². The van der Waals surface area contributed by atoms with E-state index in [1.807, 2.05) is 11.0 Å². The second kappa shape index (κ2) is 8.63. The van der Waals surface area contributed by atoms with E-state index in [0.717, 1.165) is 0 Å². The van der Waals surface area contributed by atoms with Crippen LogP contribution in [0.4, 0.5) is 0 Å². The Morgan fingerprint density at radius 2 is 1.79 bits per heavy atom. The summed E-state index contributed by atoms with van der Waals surface area (Å²) in [5, 5.41) is 17.8. The maximum atomic E-state index is 11.4. The van der Waals surface area contributed by atoms with Gasteiger partial charge in [0.25, 0.3) is 0 Å². The summed E-state index contributed by atoms with van der Waals surface area (Å²) < 4.78 is 5.60. The number of nitrogens with zero attached hydrogens (tertiary/aromatic N) is 1. The van der Waals surface area contributed by atoms with Crippen LogP contribution in [0.3, 0.4) is 0 Å². The number of carbonyl (C=O) groups excluding carboxylic acids is 1. The Bertz CT molecular complexity index is 389. The van der Waals surface area contributed by atoms with Crippen LogP contribution >= 0.6 is 0 Å². The molecule has 0 aromatic heterocycles. The quantitative estimate of drug-likeness (QED) is 0.640. The van der Waals surface area contributed by atoms with Gasteiger partial charge in [-0.2, -0.15) is 0 Å². The maximum Gasteiger partial charge on any atom is 0.163 e. The van der Waals surface area contributed by atoms with Crippen LogP contribution in [0.2, 0.25) is 0 Å². The normalized spacial score (nSPS) is 10.7. The van der Waals surface area contributed by atoms with E-state index in [4.69, 9.17) is 14.9 Å². The molecule has 0 aliphatic heterocycles. The number of hydrogen-bond donors (Lipinski definition) is 2. The molecule has 0 fully saturated rings. The summed E-state index contributed by atoms with van der Waals surface area (Å²) in [7, 11) is 0. The van der Waals surface area contributed by atoms with Crippen LogP contribution in [0.15, 0.2) is 24.3 Å². The lowest BCUT2D eigenvalue weighted by Crippen LogP contribution is -2.33. The number of rotatable bonds is 9. The molecule has 0 saturated carbocycles. The van der Waals surface area contributed by atoms with Crippen molar-refractivity contribution in [2.45, 2.75) is 6.92 Å². The summed E-state index contributed by atoms with van der Waals surface area (Å²) in [4.78, 5) is 13.3. The Balaban J connectivity index is 2.50. The smallest absolute Gasteiger partial charge is 0.163 e. The predicted octanol–water partition coefficient (Wildman–Crippen LogP) is 0.555. The first-order chi connectivity index (χ1) is 9.19. The molecule has 0 bridgehead atoms. The minimum absolute atomic E-state index is 0.0295. The third-order valence-corrected chi connectivity index (χ3v) is 2.76. The highest BCUT2D eigenvalue weighted by Crippen LogP contribution is 2.18. The summed E-state index contributed by atoms with van der Waals surface area (Å²) in [5.74, 6) is 0.543. The molecule has 19 heavy (non-hydrogen) atoms. The zero-order valence-electron chi connectivity index (χ0n) is 11.2. The molecule has 106 valence electrons. The Kier molecular flexibility index (Phi) is 7.10. The van der Waals surface area contributed by atoms with Crippen LogP contribution < -0.4 is 4.74 Å². The molecule has 0 aliphatic rings. The second-order valence-corrected chi connectivity index (χ2v) is 4.19. The zero-order chi connectivity index (χ0) is 14.1. The lowest BCUT2D eigenvalue weighted by atomic mass is 10.1. The molecule has 0 spiro atoms. The first kappa shape index (κ1) is 15.6. The van der Waals surface area contributed by atoms with E-state index in [1.54, 1.807) is 18.2 Å². The van der Waals surface area contributed by atoms with Gasteiger partial charge in [0.1, 0.15) is 12.4 Å². The molecule has 0 aliphatic carbocycles. The molecule has 5 heteroatoms. The fraction of sp³-hybridized carbons (Fsp3) is 0.500. The fourth-order valence-corrected chi connectivity index (χ4v) is 1.79. The highest BCUT2D eigenvalue weighted by Gasteiger charge is 2.08. The molecule has 0 radical (unpaired) electrons. The summed E-state index contributed by atoms with van der Waals surface area (Å²) in [5.41, 5.74) is 0.568. The van der Waals surface area contributed by atoms with E-state index in [-0.39, 0.29) is 19.0 Å². The average molecular weight is 267 g/mol. The number of para-hydroxylation sites is 1. The highest BCUT2D eigenvalue weighted by atomic mass is 16.5. The van der Waals surface area contributed by atoms with Crippen LogP contribution in [0.5, 0.6) is 5.75 Å². The van der Waals surface area contributed by atoms with Gasteiger partial charge in [-0.3, -0.25) is 9.69 Å². The third kappa shape index (κ3) is 5.38. The minimum atomic E-state index is -0.0295. The monoisotopic (exact) mass is 267 g/mol. The van der Waals surface area contributed by atoms with Gasteiger partial charge in [-0.15, -0.1) is 0 Å². The van der Waals surface area contributed by atoms with Crippen molar-refractivity contribution in [3.05, 3.63) is 29.8 Å². The van der Waals surface area contributed by atoms with Crippen molar-refractivity contribution in [1.29, 1.82) is 0 Å². The predicted molar refractivity (Wildman–Crippen MR) is 72.6 cm³/mol. The summed E-state index contributed by atoms with van der Waals surface area (Å²) in [6, 6.07) is 7.12. The molecular formula is C14H21NO4. The van der Waals surface area contributed by atoms with Gasteiger partial charge in [0.15, 0.2) is 5.78 Å². The van der Waals surface area contributed by atoms with Gasteiger partial charge in [-0.05, 0) is 19.1 Å². The first-order valence-electron chi connectivity index (χ1n) is 6.36. The Morgan fingerprint density at radius 3 is 2.37 bits per heavy atom. The summed E-state index contributed by atoms with van der Waals surface area (Å²) in [6.07, 6.45) is 0. The lowest BCUT2D eigenvalue weighted by Gasteiger charge is -2.20. The van der Waals surface area contributed by atoms with Gasteiger partial charge in [0, 0.05) is 19.6 Å². The largest absolute Gasteiger partial charge is 0.491 e. The fourth-order valence-electron chi connectivity index (χ4n) is 1.79. The molecule has 0 atom stereocenters. The topological polar surface area (TPSA) is 70.0 Å². The number of ketones is 1. The van der Waals surface area contributed by atoms with E-state index in [9.17, 15) is 4.79 Å². The molecule has 0 heterocycles. The molecule has 5 nitrogen and oxygen atoms in total. The van der Waals surface area contributed by atoms with E-state index in [1.165, 1.54) is 6.92 Å². The summed E-state index contributed by atoms with van der Waals surface area (Å²) >= 11 is 0. The van der Waals surface area contributed by atoms with Gasteiger partial charge in [-0.25, -0.2) is 0 Å². The van der Waals surface area contributed by atoms with E-state index in [2.05, 4.69) is 0 Å². The molecule has 0 unspecified atom stereocenters. The second-order valence-electron chi connectivity index (χ2n) is 4.19. The van der Waals surface area contributed by atoms with Crippen LogP contribution in [0, 0.1) is 0 Å². The van der Waals surface area contributed by atoms with E-state index >= 15 is 0 Å². The number of hydrogen-bond acceptors (Lipinski definition) is 5. The van der Waals surface area contributed by atoms with Gasteiger partial charge >= 0.3 is 0 Å². The molecular weight excluding hydrogens is 246 g/mol. The molecule has 0 saturated heterocycles. The van der Waals surface area contributed by atoms with Crippen molar-refractivity contribution in [3.8, 4) is 5.75 Å². The molecule has 1 aromatic rings. The van der Waals surface area contributed by atoms with Crippen molar-refractivity contribution in [2.75, 3.05) is 39.5 Å². The van der Waals surface area contributed by atoms with E-state index in [0.29, 0.717) is 37.6 Å². The van der Waals surface area contributed by atoms with Crippen molar-refractivity contribution < 1.29 is 19.7 Å².